The van der Waals surface area contributed by atoms with Gasteiger partial charge in [0, 0.05) is 22.2 Å². The summed E-state index contributed by atoms with van der Waals surface area (Å²) < 4.78 is 11.7. The molecule has 0 spiro atoms. The zero-order valence-electron chi connectivity index (χ0n) is 26.4. The van der Waals surface area contributed by atoms with Crippen molar-refractivity contribution in [3.05, 3.63) is 85.8 Å². The van der Waals surface area contributed by atoms with Crippen LogP contribution in [0.2, 0.25) is 10.0 Å². The molecule has 0 aliphatic heterocycles. The van der Waals surface area contributed by atoms with Crippen molar-refractivity contribution in [2.45, 2.75) is 89.6 Å². The number of hydrogen-bond donors (Lipinski definition) is 3. The molecule has 4 rings (SSSR count). The standard InChI is InChI=1S/C36H44BrCl2N3O4/c1-2-36(17-8-5-9-18-36)41-24-27-21-26(22-28(37)33(27)40)35(44)46-20-11-4-3-10-19-45-32(43)23-25-13-6-7-16-31(25)42-34-29(38)14-12-15-30(34)39/h6-7,12-16,21-22,41-42H,2-5,8-11,17-20,23-24,40H2,1H3. The fraction of sp³-hybridized carbons (Fsp3) is 0.444. The largest absolute Gasteiger partial charge is 0.465 e. The summed E-state index contributed by atoms with van der Waals surface area (Å²) >= 11 is 16.1. The Balaban J connectivity index is 1.14. The number of unbranched alkanes of at least 4 members (excludes halogenated alkanes) is 3. The van der Waals surface area contributed by atoms with Gasteiger partial charge in [-0.05, 0) is 102 Å². The molecule has 1 aliphatic carbocycles. The number of nitrogens with one attached hydrogen (secondary N) is 2. The van der Waals surface area contributed by atoms with Gasteiger partial charge in [0.25, 0.3) is 0 Å². The van der Waals surface area contributed by atoms with E-state index in [9.17, 15) is 9.59 Å². The Bertz CT molecular complexity index is 1460. The van der Waals surface area contributed by atoms with Crippen molar-refractivity contribution in [3.8, 4) is 0 Å². The van der Waals surface area contributed by atoms with Crippen LogP contribution in [-0.4, -0.2) is 30.7 Å². The number of carbonyl (C=O) groups excluding carboxylic acids is 2. The first-order valence-corrected chi connectivity index (χ1v) is 17.7. The molecule has 4 N–H and O–H groups in total. The lowest BCUT2D eigenvalue weighted by Crippen LogP contribution is -2.45. The molecule has 0 heterocycles. The van der Waals surface area contributed by atoms with Crippen LogP contribution in [0.1, 0.15) is 92.6 Å². The molecule has 7 nitrogen and oxygen atoms in total. The summed E-state index contributed by atoms with van der Waals surface area (Å²) in [5.74, 6) is -0.661. The van der Waals surface area contributed by atoms with E-state index in [0.29, 0.717) is 51.2 Å². The summed E-state index contributed by atoms with van der Waals surface area (Å²) in [6.07, 6.45) is 10.5. The van der Waals surface area contributed by atoms with Crippen LogP contribution in [0.15, 0.2) is 59.1 Å². The number of anilines is 3. The quantitative estimate of drug-likeness (QED) is 0.0766. The van der Waals surface area contributed by atoms with E-state index in [1.807, 2.05) is 30.3 Å². The molecule has 3 aromatic rings. The first-order chi connectivity index (χ1) is 22.2. The molecule has 1 fully saturated rings. The molecule has 10 heteroatoms. The van der Waals surface area contributed by atoms with E-state index < -0.39 is 0 Å². The summed E-state index contributed by atoms with van der Waals surface area (Å²) in [5, 5.41) is 7.98. The average molecular weight is 734 g/mol. The molecule has 0 amide bonds. The minimum Gasteiger partial charge on any atom is -0.465 e. The summed E-state index contributed by atoms with van der Waals surface area (Å²) in [6, 6.07) is 16.3. The van der Waals surface area contributed by atoms with Gasteiger partial charge in [0.15, 0.2) is 0 Å². The van der Waals surface area contributed by atoms with E-state index >= 15 is 0 Å². The maximum absolute atomic E-state index is 12.8. The fourth-order valence-electron chi connectivity index (χ4n) is 5.85. The second-order valence-corrected chi connectivity index (χ2v) is 13.6. The summed E-state index contributed by atoms with van der Waals surface area (Å²) in [5.41, 5.74) is 10.7. The Morgan fingerprint density at radius 1 is 0.891 bits per heavy atom. The Hall–Kier alpha value is -2.78. The van der Waals surface area contributed by atoms with Gasteiger partial charge in [-0.25, -0.2) is 4.79 Å². The van der Waals surface area contributed by atoms with E-state index in [0.717, 1.165) is 48.9 Å². The smallest absolute Gasteiger partial charge is 0.338 e. The monoisotopic (exact) mass is 731 g/mol. The topological polar surface area (TPSA) is 103 Å². The zero-order valence-corrected chi connectivity index (χ0v) is 29.5. The Labute approximate surface area is 291 Å². The number of ether oxygens (including phenoxy) is 2. The lowest BCUT2D eigenvalue weighted by Gasteiger charge is -2.38. The van der Waals surface area contributed by atoms with Crippen LogP contribution in [0.25, 0.3) is 0 Å². The molecular formula is C36H44BrCl2N3O4. The predicted molar refractivity (Wildman–Crippen MR) is 191 cm³/mol. The number of hydrogen-bond acceptors (Lipinski definition) is 7. The minimum atomic E-state index is -0.356. The second kappa shape index (κ2) is 17.9. The van der Waals surface area contributed by atoms with Gasteiger partial charge in [-0.3, -0.25) is 4.79 Å². The molecule has 46 heavy (non-hydrogen) atoms. The van der Waals surface area contributed by atoms with E-state index in [4.69, 9.17) is 38.4 Å². The minimum absolute atomic E-state index is 0.125. The van der Waals surface area contributed by atoms with Gasteiger partial charge in [0.2, 0.25) is 0 Å². The lowest BCUT2D eigenvalue weighted by atomic mass is 9.79. The maximum atomic E-state index is 12.8. The molecule has 0 atom stereocenters. The first-order valence-electron chi connectivity index (χ1n) is 16.2. The molecule has 1 aliphatic rings. The highest BCUT2D eigenvalue weighted by Crippen LogP contribution is 2.34. The van der Waals surface area contributed by atoms with Crippen molar-refractivity contribution in [3.63, 3.8) is 0 Å². The lowest BCUT2D eigenvalue weighted by molar-refractivity contribution is -0.142. The van der Waals surface area contributed by atoms with Gasteiger partial charge in [0.1, 0.15) is 0 Å². The number of para-hydroxylation sites is 2. The summed E-state index contributed by atoms with van der Waals surface area (Å²) in [6.45, 7) is 3.51. The maximum Gasteiger partial charge on any atom is 0.338 e. The van der Waals surface area contributed by atoms with Crippen molar-refractivity contribution in [2.24, 2.45) is 0 Å². The second-order valence-electron chi connectivity index (χ2n) is 11.9. The molecule has 248 valence electrons. The Morgan fingerprint density at radius 3 is 2.26 bits per heavy atom. The van der Waals surface area contributed by atoms with Crippen LogP contribution in [0.3, 0.4) is 0 Å². The van der Waals surface area contributed by atoms with E-state index in [-0.39, 0.29) is 23.9 Å². The van der Waals surface area contributed by atoms with Gasteiger partial charge in [-0.1, -0.05) is 73.7 Å². The van der Waals surface area contributed by atoms with Gasteiger partial charge in [0.05, 0.1) is 46.6 Å². The number of rotatable bonds is 16. The zero-order chi connectivity index (χ0) is 32.9. The van der Waals surface area contributed by atoms with Crippen LogP contribution >= 0.6 is 39.1 Å². The first kappa shape index (κ1) is 36.1. The number of nitrogen functional groups attached to an aromatic ring is 1. The SMILES string of the molecule is CCC1(NCc2cc(C(=O)OCCCCCCOC(=O)Cc3ccccc3Nc3c(Cl)cccc3Cl)cc(Br)c2N)CCCCC1. The predicted octanol–water partition coefficient (Wildman–Crippen LogP) is 9.79. The van der Waals surface area contributed by atoms with Crippen molar-refractivity contribution < 1.29 is 19.1 Å². The molecule has 1 saturated carbocycles. The van der Waals surface area contributed by atoms with Crippen LogP contribution in [0.5, 0.6) is 0 Å². The van der Waals surface area contributed by atoms with E-state index in [2.05, 4.69) is 33.5 Å². The van der Waals surface area contributed by atoms with Crippen LogP contribution in [-0.2, 0) is 27.2 Å². The molecule has 0 aromatic heterocycles. The number of nitrogens with two attached hydrogens (primary N) is 1. The van der Waals surface area contributed by atoms with Gasteiger partial charge in [-0.15, -0.1) is 0 Å². The molecular weight excluding hydrogens is 689 g/mol. The molecule has 0 bridgehead atoms. The average Bonchev–Trinajstić information content (AvgIpc) is 3.05. The molecule has 3 aromatic carbocycles. The highest BCUT2D eigenvalue weighted by atomic mass is 79.9. The third-order valence-corrected chi connectivity index (χ3v) is 9.99. The van der Waals surface area contributed by atoms with Crippen LogP contribution in [0.4, 0.5) is 17.1 Å². The third kappa shape index (κ3) is 10.4. The number of carbonyl (C=O) groups is 2. The summed E-state index contributed by atoms with van der Waals surface area (Å²) in [7, 11) is 0. The normalized spacial score (nSPS) is 14.1. The number of esters is 2. The van der Waals surface area contributed by atoms with Crippen molar-refractivity contribution in [2.75, 3.05) is 24.3 Å². The van der Waals surface area contributed by atoms with Gasteiger partial charge in [-0.2, -0.15) is 0 Å². The number of halogens is 3. The van der Waals surface area contributed by atoms with Crippen LogP contribution in [0, 0.1) is 0 Å². The van der Waals surface area contributed by atoms with Crippen LogP contribution < -0.4 is 16.4 Å². The van der Waals surface area contributed by atoms with Gasteiger partial charge >= 0.3 is 11.9 Å². The highest BCUT2D eigenvalue weighted by Gasteiger charge is 2.29. The Kier molecular flexibility index (Phi) is 14.1. The van der Waals surface area contributed by atoms with E-state index in [1.165, 1.54) is 32.1 Å². The van der Waals surface area contributed by atoms with E-state index in [1.54, 1.807) is 24.3 Å². The van der Waals surface area contributed by atoms with Crippen molar-refractivity contribution in [1.82, 2.24) is 5.32 Å². The molecule has 0 saturated heterocycles. The molecule has 0 unspecified atom stereocenters. The summed E-state index contributed by atoms with van der Waals surface area (Å²) in [4.78, 5) is 25.4. The fourth-order valence-corrected chi connectivity index (χ4v) is 6.85. The number of benzene rings is 3. The van der Waals surface area contributed by atoms with Crippen molar-refractivity contribution in [1.29, 1.82) is 0 Å². The van der Waals surface area contributed by atoms with Gasteiger partial charge < -0.3 is 25.8 Å². The highest BCUT2D eigenvalue weighted by molar-refractivity contribution is 9.10. The molecule has 0 radical (unpaired) electrons. The Morgan fingerprint density at radius 2 is 1.57 bits per heavy atom. The third-order valence-electron chi connectivity index (χ3n) is 8.70. The van der Waals surface area contributed by atoms with Crippen molar-refractivity contribution >= 4 is 68.1 Å².